The van der Waals surface area contributed by atoms with Crippen LogP contribution in [0.2, 0.25) is 0 Å². The highest BCUT2D eigenvalue weighted by Crippen LogP contribution is 2.17. The summed E-state index contributed by atoms with van der Waals surface area (Å²) in [5, 5.41) is 2.91. The van der Waals surface area contributed by atoms with E-state index in [-0.39, 0.29) is 18.0 Å². The number of carbonyl (C=O) groups excluding carboxylic acids is 1. The largest absolute Gasteiger partial charge is 0.353 e. The Hall–Kier alpha value is -0.610. The monoisotopic (exact) mass is 199 g/mol. The molecule has 4 heteroatoms. The molecule has 1 rings (SSSR count). The van der Waals surface area contributed by atoms with E-state index in [4.69, 9.17) is 5.73 Å². The summed E-state index contributed by atoms with van der Waals surface area (Å²) in [5.41, 5.74) is 5.53. The van der Waals surface area contributed by atoms with Crippen molar-refractivity contribution in [1.29, 1.82) is 0 Å². The quantitative estimate of drug-likeness (QED) is 0.658. The Kier molecular flexibility index (Phi) is 3.89. The second-order valence-electron chi connectivity index (χ2n) is 4.39. The number of carbonyl (C=O) groups is 1. The highest BCUT2D eigenvalue weighted by molar-refractivity contribution is 5.81. The van der Waals surface area contributed by atoms with Gasteiger partial charge >= 0.3 is 0 Å². The molecule has 1 saturated heterocycles. The average Bonchev–Trinajstić information content (AvgIpc) is 2.00. The Morgan fingerprint density at radius 1 is 1.50 bits per heavy atom. The number of hydrogen-bond acceptors (Lipinski definition) is 3. The van der Waals surface area contributed by atoms with E-state index in [1.54, 1.807) is 0 Å². The Balaban J connectivity index is 2.28. The molecule has 0 aliphatic carbocycles. The zero-order valence-corrected chi connectivity index (χ0v) is 9.29. The van der Waals surface area contributed by atoms with Gasteiger partial charge in [0, 0.05) is 19.1 Å². The lowest BCUT2D eigenvalue weighted by atomic mass is 9.98. The third-order valence-corrected chi connectivity index (χ3v) is 2.68. The van der Waals surface area contributed by atoms with Crippen molar-refractivity contribution in [2.45, 2.75) is 32.9 Å². The third kappa shape index (κ3) is 2.69. The van der Waals surface area contributed by atoms with Gasteiger partial charge in [0.2, 0.25) is 5.91 Å². The third-order valence-electron chi connectivity index (χ3n) is 2.68. The first-order valence-corrected chi connectivity index (χ1v) is 5.29. The molecule has 3 N–H and O–H groups in total. The molecule has 1 unspecified atom stereocenters. The Bertz CT molecular complexity index is 200. The van der Waals surface area contributed by atoms with Crippen molar-refractivity contribution < 1.29 is 4.79 Å². The minimum atomic E-state index is -0.0137. The number of nitrogens with one attached hydrogen (secondary N) is 1. The van der Waals surface area contributed by atoms with Crippen molar-refractivity contribution in [3.05, 3.63) is 0 Å². The first-order valence-electron chi connectivity index (χ1n) is 5.29. The van der Waals surface area contributed by atoms with Gasteiger partial charge in [-0.25, -0.2) is 0 Å². The van der Waals surface area contributed by atoms with Crippen LogP contribution in [0.5, 0.6) is 0 Å². The molecule has 0 spiro atoms. The molecule has 0 aromatic carbocycles. The Morgan fingerprint density at radius 3 is 2.50 bits per heavy atom. The fraction of sp³-hybridized carbons (Fsp3) is 0.900. The van der Waals surface area contributed by atoms with Gasteiger partial charge in [-0.15, -0.1) is 0 Å². The number of amides is 1. The summed E-state index contributed by atoms with van der Waals surface area (Å²) < 4.78 is 0. The van der Waals surface area contributed by atoms with E-state index in [0.29, 0.717) is 5.92 Å². The van der Waals surface area contributed by atoms with Crippen LogP contribution in [0, 0.1) is 5.92 Å². The summed E-state index contributed by atoms with van der Waals surface area (Å²) in [6, 6.07) is 0.205. The van der Waals surface area contributed by atoms with E-state index in [2.05, 4.69) is 10.2 Å². The maximum absolute atomic E-state index is 11.6. The molecule has 1 aliphatic heterocycles. The smallest absolute Gasteiger partial charge is 0.237 e. The Morgan fingerprint density at radius 2 is 2.07 bits per heavy atom. The number of nitrogens with zero attached hydrogens (tertiary/aromatic N) is 1. The van der Waals surface area contributed by atoms with Gasteiger partial charge in [-0.3, -0.25) is 9.69 Å². The Labute approximate surface area is 85.8 Å². The van der Waals surface area contributed by atoms with Gasteiger partial charge in [0.25, 0.3) is 0 Å². The van der Waals surface area contributed by atoms with Crippen molar-refractivity contribution in [3.8, 4) is 0 Å². The topological polar surface area (TPSA) is 58.4 Å². The van der Waals surface area contributed by atoms with Crippen LogP contribution in [-0.2, 0) is 4.79 Å². The summed E-state index contributed by atoms with van der Waals surface area (Å²) in [6.45, 7) is 8.55. The number of nitrogens with two attached hydrogens (primary N) is 1. The molecule has 1 heterocycles. The van der Waals surface area contributed by atoms with Crippen LogP contribution in [0.4, 0.5) is 0 Å². The lowest BCUT2D eigenvalue weighted by Crippen LogP contribution is -2.58. The molecule has 1 fully saturated rings. The minimum absolute atomic E-state index is 0.0137. The summed E-state index contributed by atoms with van der Waals surface area (Å²) >= 11 is 0. The first kappa shape index (κ1) is 11.5. The predicted octanol–water partition coefficient (Wildman–Crippen LogP) is -0.210. The fourth-order valence-corrected chi connectivity index (χ4v) is 1.65. The zero-order chi connectivity index (χ0) is 10.7. The van der Waals surface area contributed by atoms with Crippen LogP contribution >= 0.6 is 0 Å². The SMILES string of the molecule is CC(C)NC(=O)C(C)N1CC(CN)C1. The van der Waals surface area contributed by atoms with E-state index < -0.39 is 0 Å². The molecule has 0 aromatic rings. The zero-order valence-electron chi connectivity index (χ0n) is 9.29. The minimum Gasteiger partial charge on any atom is -0.353 e. The van der Waals surface area contributed by atoms with E-state index in [1.807, 2.05) is 20.8 Å². The number of rotatable bonds is 4. The van der Waals surface area contributed by atoms with E-state index >= 15 is 0 Å². The van der Waals surface area contributed by atoms with Gasteiger partial charge in [-0.2, -0.15) is 0 Å². The van der Waals surface area contributed by atoms with Crippen molar-refractivity contribution in [1.82, 2.24) is 10.2 Å². The van der Waals surface area contributed by atoms with Crippen LogP contribution in [0.15, 0.2) is 0 Å². The molecule has 82 valence electrons. The molecule has 0 saturated carbocycles. The number of likely N-dealkylation sites (tertiary alicyclic amines) is 1. The lowest BCUT2D eigenvalue weighted by Gasteiger charge is -2.42. The van der Waals surface area contributed by atoms with Gasteiger partial charge in [-0.1, -0.05) is 0 Å². The second-order valence-corrected chi connectivity index (χ2v) is 4.39. The molecule has 1 aliphatic rings. The van der Waals surface area contributed by atoms with Crippen LogP contribution in [0.3, 0.4) is 0 Å². The van der Waals surface area contributed by atoms with Crippen molar-refractivity contribution in [2.24, 2.45) is 11.7 Å². The van der Waals surface area contributed by atoms with Crippen molar-refractivity contribution in [2.75, 3.05) is 19.6 Å². The molecule has 0 radical (unpaired) electrons. The summed E-state index contributed by atoms with van der Waals surface area (Å²) in [7, 11) is 0. The molecular formula is C10H21N3O. The summed E-state index contributed by atoms with van der Waals surface area (Å²) in [4.78, 5) is 13.8. The number of hydrogen-bond donors (Lipinski definition) is 2. The van der Waals surface area contributed by atoms with Crippen molar-refractivity contribution in [3.63, 3.8) is 0 Å². The molecule has 0 bridgehead atoms. The summed E-state index contributed by atoms with van der Waals surface area (Å²) in [5.74, 6) is 0.708. The van der Waals surface area contributed by atoms with E-state index in [1.165, 1.54) is 0 Å². The van der Waals surface area contributed by atoms with Gasteiger partial charge in [-0.05, 0) is 33.2 Å². The maximum atomic E-state index is 11.6. The molecule has 1 amide bonds. The summed E-state index contributed by atoms with van der Waals surface area (Å²) in [6.07, 6.45) is 0. The lowest BCUT2D eigenvalue weighted by molar-refractivity contribution is -0.128. The van der Waals surface area contributed by atoms with E-state index in [0.717, 1.165) is 19.6 Å². The highest BCUT2D eigenvalue weighted by Gasteiger charge is 2.32. The normalized spacial score (nSPS) is 20.6. The van der Waals surface area contributed by atoms with Crippen LogP contribution < -0.4 is 11.1 Å². The standard InChI is InChI=1S/C10H21N3O/c1-7(2)12-10(14)8(3)13-5-9(4-11)6-13/h7-9H,4-6,11H2,1-3H3,(H,12,14). The van der Waals surface area contributed by atoms with Gasteiger partial charge in [0.15, 0.2) is 0 Å². The molecule has 0 aromatic heterocycles. The van der Waals surface area contributed by atoms with E-state index in [9.17, 15) is 4.79 Å². The van der Waals surface area contributed by atoms with Gasteiger partial charge < -0.3 is 11.1 Å². The first-order chi connectivity index (χ1) is 6.54. The average molecular weight is 199 g/mol. The van der Waals surface area contributed by atoms with Crippen LogP contribution in [0.1, 0.15) is 20.8 Å². The van der Waals surface area contributed by atoms with Crippen molar-refractivity contribution >= 4 is 5.91 Å². The highest BCUT2D eigenvalue weighted by atomic mass is 16.2. The maximum Gasteiger partial charge on any atom is 0.237 e. The molecule has 14 heavy (non-hydrogen) atoms. The molecule has 1 atom stereocenters. The second kappa shape index (κ2) is 4.75. The molecular weight excluding hydrogens is 178 g/mol. The fourth-order valence-electron chi connectivity index (χ4n) is 1.65. The van der Waals surface area contributed by atoms with Gasteiger partial charge in [0.1, 0.15) is 0 Å². The van der Waals surface area contributed by atoms with Crippen LogP contribution in [0.25, 0.3) is 0 Å². The molecule has 4 nitrogen and oxygen atoms in total. The van der Waals surface area contributed by atoms with Gasteiger partial charge in [0.05, 0.1) is 6.04 Å². The predicted molar refractivity (Wildman–Crippen MR) is 56.9 cm³/mol. The van der Waals surface area contributed by atoms with Crippen LogP contribution in [-0.4, -0.2) is 42.5 Å².